The molecule has 1 aromatic rings. The van der Waals surface area contributed by atoms with Crippen LogP contribution in [-0.2, 0) is 10.0 Å². The first-order valence-electron chi connectivity index (χ1n) is 5.04. The highest BCUT2D eigenvalue weighted by atomic mass is 32.2. The Morgan fingerprint density at radius 2 is 1.88 bits per heavy atom. The Balaban J connectivity index is 3.03. The van der Waals surface area contributed by atoms with E-state index in [1.165, 1.54) is 4.31 Å². The van der Waals surface area contributed by atoms with Gasteiger partial charge < -0.3 is 5.11 Å². The molecule has 0 spiro atoms. The zero-order valence-electron chi connectivity index (χ0n) is 9.26. The van der Waals surface area contributed by atoms with Crippen molar-refractivity contribution in [2.45, 2.75) is 6.92 Å². The van der Waals surface area contributed by atoms with Crippen LogP contribution in [0, 0.1) is 6.92 Å². The van der Waals surface area contributed by atoms with Gasteiger partial charge in [0.15, 0.2) is 0 Å². The molecule has 0 bridgehead atoms. The van der Waals surface area contributed by atoms with E-state index in [1.54, 1.807) is 31.2 Å². The normalized spacial score (nSPS) is 11.4. The second-order valence-corrected chi connectivity index (χ2v) is 5.38. The summed E-state index contributed by atoms with van der Waals surface area (Å²) in [6, 6.07) is 6.93. The largest absolute Gasteiger partial charge is 0.395 e. The van der Waals surface area contributed by atoms with E-state index in [4.69, 9.17) is 5.11 Å². The fourth-order valence-corrected chi connectivity index (χ4v) is 2.72. The number of aliphatic hydroxyl groups is 1. The zero-order chi connectivity index (χ0) is 12.2. The molecule has 4 nitrogen and oxygen atoms in total. The standard InChI is InChI=1S/C11H16NO3S/c1-3-12(16(14,15)9-8-13)11-6-4-10(2)5-7-11/h4-7,13H,2-3,8-9H2,1H3. The molecule has 0 aliphatic rings. The molecular weight excluding hydrogens is 226 g/mol. The summed E-state index contributed by atoms with van der Waals surface area (Å²) < 4.78 is 24.9. The van der Waals surface area contributed by atoms with Crippen molar-refractivity contribution in [3.63, 3.8) is 0 Å². The average Bonchev–Trinajstić information content (AvgIpc) is 2.21. The van der Waals surface area contributed by atoms with E-state index >= 15 is 0 Å². The van der Waals surface area contributed by atoms with Crippen molar-refractivity contribution in [2.75, 3.05) is 23.2 Å². The summed E-state index contributed by atoms with van der Waals surface area (Å²) in [4.78, 5) is 0. The minimum atomic E-state index is -3.43. The Labute approximate surface area is 96.6 Å². The molecule has 0 aromatic heterocycles. The van der Waals surface area contributed by atoms with Gasteiger partial charge in [-0.15, -0.1) is 0 Å². The molecule has 0 saturated heterocycles. The fourth-order valence-electron chi connectivity index (χ4n) is 1.43. The second kappa shape index (κ2) is 5.32. The first-order valence-corrected chi connectivity index (χ1v) is 6.65. The van der Waals surface area contributed by atoms with Gasteiger partial charge in [0.25, 0.3) is 0 Å². The van der Waals surface area contributed by atoms with E-state index in [0.717, 1.165) is 5.56 Å². The first kappa shape index (κ1) is 13.0. The van der Waals surface area contributed by atoms with Crippen LogP contribution >= 0.6 is 0 Å². The van der Waals surface area contributed by atoms with Crippen molar-refractivity contribution in [1.29, 1.82) is 0 Å². The second-order valence-electron chi connectivity index (χ2n) is 3.37. The molecule has 89 valence electrons. The predicted molar refractivity (Wildman–Crippen MR) is 64.8 cm³/mol. The molecule has 1 radical (unpaired) electrons. The molecule has 0 aliphatic carbocycles. The van der Waals surface area contributed by atoms with Gasteiger partial charge in [-0.1, -0.05) is 12.1 Å². The molecule has 1 rings (SSSR count). The van der Waals surface area contributed by atoms with E-state index in [0.29, 0.717) is 12.2 Å². The maximum absolute atomic E-state index is 11.8. The lowest BCUT2D eigenvalue weighted by Crippen LogP contribution is -2.33. The van der Waals surface area contributed by atoms with Crippen LogP contribution in [0.25, 0.3) is 0 Å². The third kappa shape index (κ3) is 2.96. The number of sulfonamides is 1. The van der Waals surface area contributed by atoms with Gasteiger partial charge >= 0.3 is 0 Å². The lowest BCUT2D eigenvalue weighted by atomic mass is 10.2. The van der Waals surface area contributed by atoms with E-state index in [2.05, 4.69) is 6.92 Å². The van der Waals surface area contributed by atoms with Crippen molar-refractivity contribution in [1.82, 2.24) is 0 Å². The van der Waals surface area contributed by atoms with E-state index in [9.17, 15) is 8.42 Å². The Hall–Kier alpha value is -1.07. The fraction of sp³-hybridized carbons (Fsp3) is 0.364. The van der Waals surface area contributed by atoms with E-state index in [-0.39, 0.29) is 12.4 Å². The monoisotopic (exact) mass is 242 g/mol. The van der Waals surface area contributed by atoms with Gasteiger partial charge in [0.1, 0.15) is 0 Å². The highest BCUT2D eigenvalue weighted by Gasteiger charge is 2.19. The van der Waals surface area contributed by atoms with Gasteiger partial charge in [-0.3, -0.25) is 4.31 Å². The SMILES string of the molecule is [CH2]c1ccc(N(CC)S(=O)(=O)CCO)cc1. The van der Waals surface area contributed by atoms with Crippen LogP contribution in [0.4, 0.5) is 5.69 Å². The minimum Gasteiger partial charge on any atom is -0.395 e. The Morgan fingerprint density at radius 3 is 2.31 bits per heavy atom. The number of nitrogens with zero attached hydrogens (tertiary/aromatic N) is 1. The molecule has 0 unspecified atom stereocenters. The smallest absolute Gasteiger partial charge is 0.237 e. The summed E-state index contributed by atoms with van der Waals surface area (Å²) in [5, 5.41) is 8.72. The van der Waals surface area contributed by atoms with Gasteiger partial charge in [-0.05, 0) is 31.5 Å². The third-order valence-electron chi connectivity index (χ3n) is 2.20. The van der Waals surface area contributed by atoms with E-state index in [1.807, 2.05) is 0 Å². The molecule has 0 fully saturated rings. The van der Waals surface area contributed by atoms with Crippen molar-refractivity contribution < 1.29 is 13.5 Å². The Kier molecular flexibility index (Phi) is 4.32. The summed E-state index contributed by atoms with van der Waals surface area (Å²) >= 11 is 0. The number of hydrogen-bond donors (Lipinski definition) is 1. The highest BCUT2D eigenvalue weighted by Crippen LogP contribution is 2.18. The molecule has 1 aromatic carbocycles. The zero-order valence-corrected chi connectivity index (χ0v) is 10.1. The maximum Gasteiger partial charge on any atom is 0.237 e. The summed E-state index contributed by atoms with van der Waals surface area (Å²) in [5.74, 6) is -0.257. The van der Waals surface area contributed by atoms with Crippen LogP contribution in [0.2, 0.25) is 0 Å². The molecule has 0 atom stereocenters. The molecule has 16 heavy (non-hydrogen) atoms. The lowest BCUT2D eigenvalue weighted by molar-refractivity contribution is 0.319. The van der Waals surface area contributed by atoms with Crippen LogP contribution in [0.5, 0.6) is 0 Å². The van der Waals surface area contributed by atoms with Crippen LogP contribution < -0.4 is 4.31 Å². The first-order chi connectivity index (χ1) is 7.51. The quantitative estimate of drug-likeness (QED) is 0.838. The maximum atomic E-state index is 11.8. The molecular formula is C11H16NO3S. The number of aliphatic hydroxyl groups excluding tert-OH is 1. The number of rotatable bonds is 5. The lowest BCUT2D eigenvalue weighted by Gasteiger charge is -2.22. The summed E-state index contributed by atoms with van der Waals surface area (Å²) in [7, 11) is -3.43. The summed E-state index contributed by atoms with van der Waals surface area (Å²) in [5.41, 5.74) is 1.43. The molecule has 0 heterocycles. The number of benzene rings is 1. The molecule has 0 aliphatic heterocycles. The van der Waals surface area contributed by atoms with Crippen molar-refractivity contribution >= 4 is 15.7 Å². The molecule has 1 N–H and O–H groups in total. The molecule has 0 saturated carbocycles. The average molecular weight is 242 g/mol. The number of anilines is 1. The summed E-state index contributed by atoms with van der Waals surface area (Å²) in [6.07, 6.45) is 0. The van der Waals surface area contributed by atoms with E-state index < -0.39 is 10.0 Å². The van der Waals surface area contributed by atoms with Crippen LogP contribution in [0.3, 0.4) is 0 Å². The van der Waals surface area contributed by atoms with Gasteiger partial charge in [-0.2, -0.15) is 0 Å². The van der Waals surface area contributed by atoms with Crippen molar-refractivity contribution in [3.05, 3.63) is 36.8 Å². The predicted octanol–water partition coefficient (Wildman–Crippen LogP) is 1.02. The minimum absolute atomic E-state index is 0.257. The topological polar surface area (TPSA) is 57.6 Å². The van der Waals surface area contributed by atoms with Crippen LogP contribution in [0.1, 0.15) is 12.5 Å². The van der Waals surface area contributed by atoms with Gasteiger partial charge in [0.05, 0.1) is 18.0 Å². The molecule has 5 heteroatoms. The summed E-state index contributed by atoms with van der Waals surface area (Å²) in [6.45, 7) is 5.47. The van der Waals surface area contributed by atoms with Gasteiger partial charge in [-0.25, -0.2) is 8.42 Å². The Morgan fingerprint density at radius 1 is 1.31 bits per heavy atom. The van der Waals surface area contributed by atoms with Crippen molar-refractivity contribution in [2.24, 2.45) is 0 Å². The molecule has 0 amide bonds. The van der Waals surface area contributed by atoms with Crippen molar-refractivity contribution in [3.8, 4) is 0 Å². The van der Waals surface area contributed by atoms with Gasteiger partial charge in [0.2, 0.25) is 10.0 Å². The van der Waals surface area contributed by atoms with Crippen LogP contribution in [0.15, 0.2) is 24.3 Å². The third-order valence-corrected chi connectivity index (χ3v) is 4.04. The Bertz CT molecular complexity index is 425. The van der Waals surface area contributed by atoms with Gasteiger partial charge in [0, 0.05) is 6.54 Å². The number of hydrogen-bond acceptors (Lipinski definition) is 3. The highest BCUT2D eigenvalue weighted by molar-refractivity contribution is 7.92. The van der Waals surface area contributed by atoms with Crippen LogP contribution in [-0.4, -0.2) is 32.4 Å².